The molecule has 3 heteroatoms. The molecule has 0 aromatic heterocycles. The summed E-state index contributed by atoms with van der Waals surface area (Å²) in [4.78, 5) is 11.2. The number of benzene rings is 1. The Morgan fingerprint density at radius 1 is 1.29 bits per heavy atom. The molecule has 0 radical (unpaired) electrons. The van der Waals surface area contributed by atoms with E-state index in [1.807, 2.05) is 0 Å². The molecular formula is C25H34O3. The topological polar surface area (TPSA) is 46.5 Å². The quantitative estimate of drug-likeness (QED) is 0.364. The Morgan fingerprint density at radius 2 is 2.14 bits per heavy atom. The van der Waals surface area contributed by atoms with Crippen molar-refractivity contribution in [2.75, 3.05) is 7.11 Å². The summed E-state index contributed by atoms with van der Waals surface area (Å²) < 4.78 is 4.70. The summed E-state index contributed by atoms with van der Waals surface area (Å²) in [6.45, 7) is 2.13. The van der Waals surface area contributed by atoms with E-state index in [1.54, 1.807) is 0 Å². The van der Waals surface area contributed by atoms with Gasteiger partial charge in [0.15, 0.2) is 0 Å². The van der Waals surface area contributed by atoms with Crippen LogP contribution in [-0.2, 0) is 16.0 Å². The maximum absolute atomic E-state index is 11.2. The van der Waals surface area contributed by atoms with Crippen LogP contribution in [-0.4, -0.2) is 24.3 Å². The van der Waals surface area contributed by atoms with Gasteiger partial charge in [-0.2, -0.15) is 0 Å². The summed E-state index contributed by atoms with van der Waals surface area (Å²) in [7, 11) is 1.45. The van der Waals surface area contributed by atoms with Crippen LogP contribution in [0.5, 0.6) is 0 Å². The highest BCUT2D eigenvalue weighted by atomic mass is 16.5. The molecule has 0 amide bonds. The van der Waals surface area contributed by atoms with Gasteiger partial charge in [-0.3, -0.25) is 4.79 Å². The highest BCUT2D eigenvalue weighted by molar-refractivity contribution is 5.68. The first-order valence-corrected chi connectivity index (χ1v) is 10.7. The zero-order valence-electron chi connectivity index (χ0n) is 17.3. The highest BCUT2D eigenvalue weighted by Crippen LogP contribution is 2.48. The zero-order chi connectivity index (χ0) is 19.9. The van der Waals surface area contributed by atoms with Crippen LogP contribution in [0.25, 0.3) is 0 Å². The minimum absolute atomic E-state index is 0.115. The molecule has 1 fully saturated rings. The highest BCUT2D eigenvalue weighted by Gasteiger charge is 2.42. The summed E-state index contributed by atoms with van der Waals surface area (Å²) >= 11 is 0. The van der Waals surface area contributed by atoms with Crippen molar-refractivity contribution in [1.82, 2.24) is 0 Å². The molecule has 3 rings (SSSR count). The molecule has 0 bridgehead atoms. The van der Waals surface area contributed by atoms with Crippen molar-refractivity contribution in [3.8, 4) is 0 Å². The zero-order valence-corrected chi connectivity index (χ0v) is 17.3. The minimum Gasteiger partial charge on any atom is -0.469 e. The molecule has 1 aromatic carbocycles. The Hall–Kier alpha value is -1.87. The van der Waals surface area contributed by atoms with Gasteiger partial charge in [0.05, 0.1) is 13.2 Å². The number of aliphatic hydroxyl groups excluding tert-OH is 1. The van der Waals surface area contributed by atoms with E-state index in [0.717, 1.165) is 44.9 Å². The number of fused-ring (bicyclic) bond motifs is 1. The predicted octanol–water partition coefficient (Wildman–Crippen LogP) is 5.16. The molecule has 1 saturated carbocycles. The number of esters is 1. The number of hydrogen-bond donors (Lipinski definition) is 1. The summed E-state index contributed by atoms with van der Waals surface area (Å²) in [5.74, 6) is 1.25. The van der Waals surface area contributed by atoms with Crippen molar-refractivity contribution < 1.29 is 14.6 Å². The number of allylic oxidation sites excluding steroid dienone is 3. The summed E-state index contributed by atoms with van der Waals surface area (Å²) in [5, 5.41) is 10.5. The molecule has 0 heterocycles. The Kier molecular flexibility index (Phi) is 7.50. The van der Waals surface area contributed by atoms with Crippen LogP contribution in [0.3, 0.4) is 0 Å². The summed E-state index contributed by atoms with van der Waals surface area (Å²) in [5.41, 5.74) is 4.21. The number of hydrogen-bond acceptors (Lipinski definition) is 3. The van der Waals surface area contributed by atoms with E-state index in [0.29, 0.717) is 18.3 Å². The fraction of sp³-hybridized carbons (Fsp3) is 0.560. The van der Waals surface area contributed by atoms with Gasteiger partial charge >= 0.3 is 5.97 Å². The van der Waals surface area contributed by atoms with Gasteiger partial charge in [-0.05, 0) is 69.3 Å². The SMILES string of the molecule is COC(=O)CCCCC1=C[C@H]2C[C@@H](O)[C@H](/C=C/CCc3cccc(C)c3)[C@H]2C1. The van der Waals surface area contributed by atoms with Crippen LogP contribution in [0, 0.1) is 24.7 Å². The average Bonchev–Trinajstić information content (AvgIpc) is 3.19. The third-order valence-electron chi connectivity index (χ3n) is 6.35. The number of methoxy groups -OCH3 is 1. The van der Waals surface area contributed by atoms with E-state index in [-0.39, 0.29) is 18.0 Å². The molecule has 2 aliphatic rings. The maximum Gasteiger partial charge on any atom is 0.305 e. The van der Waals surface area contributed by atoms with Gasteiger partial charge < -0.3 is 9.84 Å². The Balaban J connectivity index is 1.44. The normalized spacial score (nSPS) is 26.5. The van der Waals surface area contributed by atoms with E-state index >= 15 is 0 Å². The Bertz CT molecular complexity index is 718. The molecule has 0 aliphatic heterocycles. The number of carbonyl (C=O) groups excluding carboxylic acids is 1. The van der Waals surface area contributed by atoms with E-state index in [1.165, 1.54) is 23.8 Å². The van der Waals surface area contributed by atoms with Gasteiger partial charge in [0.2, 0.25) is 0 Å². The number of aliphatic hydroxyl groups is 1. The van der Waals surface area contributed by atoms with Crippen LogP contribution in [0.2, 0.25) is 0 Å². The Labute approximate surface area is 169 Å². The second kappa shape index (κ2) is 10.1. The van der Waals surface area contributed by atoms with Crippen molar-refractivity contribution in [3.05, 3.63) is 59.2 Å². The molecule has 3 nitrogen and oxygen atoms in total. The van der Waals surface area contributed by atoms with Crippen LogP contribution in [0.1, 0.15) is 56.1 Å². The monoisotopic (exact) mass is 382 g/mol. The lowest BCUT2D eigenvalue weighted by Gasteiger charge is -2.18. The van der Waals surface area contributed by atoms with Gasteiger partial charge in [-0.25, -0.2) is 0 Å². The van der Waals surface area contributed by atoms with Crippen molar-refractivity contribution in [2.45, 2.75) is 64.4 Å². The standard InChI is InChI=1S/C25H34O3/c1-18-8-7-11-19(14-18)9-3-5-12-22-23-16-20(15-21(23)17-24(22)26)10-4-6-13-25(27)28-2/h5,7-8,11-12,14-15,21-24,26H,3-4,6,9-10,13,16-17H2,1-2H3/b12-5+/t21-,22+,23-,24+/m0/s1. The molecule has 0 saturated heterocycles. The fourth-order valence-electron chi connectivity index (χ4n) is 4.89. The molecule has 2 aliphatic carbocycles. The second-order valence-electron chi connectivity index (χ2n) is 8.48. The largest absolute Gasteiger partial charge is 0.469 e. The first kappa shape index (κ1) is 20.9. The van der Waals surface area contributed by atoms with E-state index < -0.39 is 0 Å². The molecule has 28 heavy (non-hydrogen) atoms. The Morgan fingerprint density at radius 3 is 2.93 bits per heavy atom. The molecule has 1 aromatic rings. The smallest absolute Gasteiger partial charge is 0.305 e. The van der Waals surface area contributed by atoms with Crippen LogP contribution >= 0.6 is 0 Å². The fourth-order valence-corrected chi connectivity index (χ4v) is 4.89. The second-order valence-corrected chi connectivity index (χ2v) is 8.48. The lowest BCUT2D eigenvalue weighted by Crippen LogP contribution is -2.17. The molecule has 152 valence electrons. The third kappa shape index (κ3) is 5.57. The minimum atomic E-state index is -0.206. The van der Waals surface area contributed by atoms with Crippen molar-refractivity contribution in [3.63, 3.8) is 0 Å². The number of ether oxygens (including phenoxy) is 1. The van der Waals surface area contributed by atoms with Gasteiger partial charge in [-0.15, -0.1) is 0 Å². The first-order valence-electron chi connectivity index (χ1n) is 10.7. The van der Waals surface area contributed by atoms with Crippen molar-refractivity contribution >= 4 is 5.97 Å². The molecular weight excluding hydrogens is 348 g/mol. The third-order valence-corrected chi connectivity index (χ3v) is 6.35. The summed E-state index contributed by atoms with van der Waals surface area (Å²) in [6, 6.07) is 8.70. The lowest BCUT2D eigenvalue weighted by atomic mass is 9.88. The molecule has 0 unspecified atom stereocenters. The summed E-state index contributed by atoms with van der Waals surface area (Å²) in [6.07, 6.45) is 14.4. The lowest BCUT2D eigenvalue weighted by molar-refractivity contribution is -0.140. The van der Waals surface area contributed by atoms with Gasteiger partial charge in [0, 0.05) is 12.3 Å². The predicted molar refractivity (Wildman–Crippen MR) is 113 cm³/mol. The van der Waals surface area contributed by atoms with E-state index in [4.69, 9.17) is 4.74 Å². The van der Waals surface area contributed by atoms with Crippen LogP contribution < -0.4 is 0 Å². The number of rotatable bonds is 9. The molecule has 0 spiro atoms. The number of aryl methyl sites for hydroxylation is 2. The maximum atomic E-state index is 11.2. The molecule has 4 atom stereocenters. The van der Waals surface area contributed by atoms with Crippen LogP contribution in [0.15, 0.2) is 48.1 Å². The van der Waals surface area contributed by atoms with Crippen molar-refractivity contribution in [2.24, 2.45) is 17.8 Å². The van der Waals surface area contributed by atoms with Crippen LogP contribution in [0.4, 0.5) is 0 Å². The van der Waals surface area contributed by atoms with E-state index in [2.05, 4.69) is 49.4 Å². The number of carbonyl (C=O) groups is 1. The number of unbranched alkanes of at least 4 members (excludes halogenated alkanes) is 1. The van der Waals surface area contributed by atoms with Gasteiger partial charge in [-0.1, -0.05) is 53.6 Å². The van der Waals surface area contributed by atoms with Gasteiger partial charge in [0.25, 0.3) is 0 Å². The molecule has 1 N–H and O–H groups in total. The van der Waals surface area contributed by atoms with E-state index in [9.17, 15) is 9.90 Å². The van der Waals surface area contributed by atoms with Crippen molar-refractivity contribution in [1.29, 1.82) is 0 Å². The first-order chi connectivity index (χ1) is 13.6. The average molecular weight is 383 g/mol. The van der Waals surface area contributed by atoms with Gasteiger partial charge in [0.1, 0.15) is 0 Å².